The topological polar surface area (TPSA) is 111 Å². The van der Waals surface area contributed by atoms with Crippen LogP contribution in [-0.4, -0.2) is 57.0 Å². The number of anilines is 2. The molecule has 0 radical (unpaired) electrons. The van der Waals surface area contributed by atoms with E-state index in [1.165, 1.54) is 0 Å². The Morgan fingerprint density at radius 3 is 1.47 bits per heavy atom. The zero-order valence-corrected chi connectivity index (χ0v) is 19.9. The van der Waals surface area contributed by atoms with E-state index in [9.17, 15) is 9.59 Å². The Kier molecular flexibility index (Phi) is 7.30. The van der Waals surface area contributed by atoms with Crippen LogP contribution in [0.5, 0.6) is 0 Å². The van der Waals surface area contributed by atoms with Crippen LogP contribution in [0.25, 0.3) is 0 Å². The first-order chi connectivity index (χ1) is 17.7. The zero-order chi connectivity index (χ0) is 24.7. The first kappa shape index (κ1) is 23.7. The van der Waals surface area contributed by atoms with Crippen LogP contribution in [0.3, 0.4) is 0 Å². The Balaban J connectivity index is 1.10. The van der Waals surface area contributed by atoms with Crippen LogP contribution in [0.15, 0.2) is 61.2 Å². The monoisotopic (exact) mass is 488 g/mol. The predicted molar refractivity (Wildman–Crippen MR) is 131 cm³/mol. The summed E-state index contributed by atoms with van der Waals surface area (Å²) in [5, 5.41) is 0. The molecule has 2 fully saturated rings. The lowest BCUT2D eigenvalue weighted by Crippen LogP contribution is -2.38. The first-order valence-electron chi connectivity index (χ1n) is 12.2. The van der Waals surface area contributed by atoms with Gasteiger partial charge in [0.15, 0.2) is 0 Å². The molecule has 0 N–H and O–H groups in total. The molecule has 2 atom stereocenters. The zero-order valence-electron chi connectivity index (χ0n) is 19.9. The second kappa shape index (κ2) is 11.1. The number of benzene rings is 1. The van der Waals surface area contributed by atoms with E-state index in [0.29, 0.717) is 11.9 Å². The van der Waals surface area contributed by atoms with Gasteiger partial charge >= 0.3 is 11.9 Å². The molecule has 4 heterocycles. The Labute approximate surface area is 209 Å². The minimum Gasteiger partial charge on any atom is -0.459 e. The van der Waals surface area contributed by atoms with Crippen LogP contribution >= 0.6 is 0 Å². The van der Waals surface area contributed by atoms with Gasteiger partial charge in [-0.1, -0.05) is 24.3 Å². The fourth-order valence-electron chi connectivity index (χ4n) is 4.61. The van der Waals surface area contributed by atoms with Crippen molar-refractivity contribution < 1.29 is 19.1 Å². The summed E-state index contributed by atoms with van der Waals surface area (Å²) in [7, 11) is 0. The summed E-state index contributed by atoms with van der Waals surface area (Å²) in [5.41, 5.74) is 1.73. The van der Waals surface area contributed by atoms with Crippen molar-refractivity contribution in [3.63, 3.8) is 0 Å². The van der Waals surface area contributed by atoms with Gasteiger partial charge in [-0.15, -0.1) is 0 Å². The highest BCUT2D eigenvalue weighted by Gasteiger charge is 2.34. The standard InChI is InChI=1S/C26H28N6O4/c33-23(21-5-1-15-31(21)25-27-11-3-12-28-25)35-17-19-7-9-20(10-8-19)18-36-24(34)22-6-2-16-32(22)26-29-13-4-14-30-26/h3-4,7-14,21-22H,1-2,5-6,15-18H2/t21-,22-/m1/s1. The minimum atomic E-state index is -0.373. The molecule has 0 aliphatic carbocycles. The molecule has 0 bridgehead atoms. The summed E-state index contributed by atoms with van der Waals surface area (Å²) in [5.74, 6) is 0.545. The molecule has 3 aromatic rings. The fraction of sp³-hybridized carbons (Fsp3) is 0.385. The summed E-state index contributed by atoms with van der Waals surface area (Å²) < 4.78 is 11.2. The van der Waals surface area contributed by atoms with Crippen LogP contribution in [0.2, 0.25) is 0 Å². The molecule has 36 heavy (non-hydrogen) atoms. The van der Waals surface area contributed by atoms with Crippen LogP contribution in [0, 0.1) is 0 Å². The van der Waals surface area contributed by atoms with Crippen molar-refractivity contribution in [2.24, 2.45) is 0 Å². The van der Waals surface area contributed by atoms with E-state index in [4.69, 9.17) is 9.47 Å². The molecule has 2 aliphatic rings. The normalized spacial score (nSPS) is 19.3. The van der Waals surface area contributed by atoms with E-state index in [1.54, 1.807) is 36.9 Å². The molecule has 0 unspecified atom stereocenters. The average Bonchev–Trinajstić information content (AvgIpc) is 3.63. The van der Waals surface area contributed by atoms with E-state index < -0.39 is 0 Å². The molecular formula is C26H28N6O4. The molecule has 1 aromatic carbocycles. The maximum atomic E-state index is 12.7. The summed E-state index contributed by atoms with van der Waals surface area (Å²) in [6.45, 7) is 1.81. The molecule has 0 amide bonds. The maximum absolute atomic E-state index is 12.7. The van der Waals surface area contributed by atoms with Gasteiger partial charge < -0.3 is 19.3 Å². The number of rotatable bonds is 8. The van der Waals surface area contributed by atoms with E-state index in [0.717, 1.165) is 49.9 Å². The third kappa shape index (κ3) is 5.42. The van der Waals surface area contributed by atoms with Crippen molar-refractivity contribution in [3.8, 4) is 0 Å². The van der Waals surface area contributed by atoms with Crippen molar-refractivity contribution in [1.29, 1.82) is 0 Å². The molecule has 2 saturated heterocycles. The lowest BCUT2D eigenvalue weighted by molar-refractivity contribution is -0.147. The summed E-state index contributed by atoms with van der Waals surface area (Å²) >= 11 is 0. The SMILES string of the molecule is O=C(OCc1ccc(COC(=O)[C@H]2CCCN2c2ncccn2)cc1)[C@H]1CCCN1c1ncccn1. The number of aromatic nitrogens is 4. The van der Waals surface area contributed by atoms with Crippen LogP contribution < -0.4 is 9.80 Å². The van der Waals surface area contributed by atoms with Gasteiger partial charge in [-0.3, -0.25) is 0 Å². The highest BCUT2D eigenvalue weighted by atomic mass is 16.5. The van der Waals surface area contributed by atoms with Crippen molar-refractivity contribution >= 4 is 23.8 Å². The highest BCUT2D eigenvalue weighted by molar-refractivity contribution is 5.80. The van der Waals surface area contributed by atoms with Gasteiger partial charge in [-0.2, -0.15) is 0 Å². The fourth-order valence-corrected chi connectivity index (χ4v) is 4.61. The third-order valence-electron chi connectivity index (χ3n) is 6.45. The lowest BCUT2D eigenvalue weighted by Gasteiger charge is -2.23. The van der Waals surface area contributed by atoms with Crippen LogP contribution in [0.1, 0.15) is 36.8 Å². The molecule has 10 nitrogen and oxygen atoms in total. The highest BCUT2D eigenvalue weighted by Crippen LogP contribution is 2.24. The lowest BCUT2D eigenvalue weighted by atomic mass is 10.1. The van der Waals surface area contributed by atoms with Gasteiger partial charge in [-0.25, -0.2) is 29.5 Å². The number of hydrogen-bond donors (Lipinski definition) is 0. The van der Waals surface area contributed by atoms with E-state index in [-0.39, 0.29) is 37.2 Å². The van der Waals surface area contributed by atoms with Gasteiger partial charge in [-0.05, 0) is 48.9 Å². The number of carbonyl (C=O) groups is 2. The number of nitrogens with zero attached hydrogens (tertiary/aromatic N) is 6. The van der Waals surface area contributed by atoms with Gasteiger partial charge in [0.25, 0.3) is 0 Å². The summed E-state index contributed by atoms with van der Waals surface area (Å²) in [6, 6.07) is 10.3. The first-order valence-corrected chi connectivity index (χ1v) is 12.2. The van der Waals surface area contributed by atoms with Gasteiger partial charge in [0.05, 0.1) is 0 Å². The van der Waals surface area contributed by atoms with E-state index >= 15 is 0 Å². The molecule has 2 aromatic heterocycles. The Bertz CT molecular complexity index is 1070. The second-order valence-electron chi connectivity index (χ2n) is 8.83. The van der Waals surface area contributed by atoms with Gasteiger partial charge in [0, 0.05) is 37.9 Å². The van der Waals surface area contributed by atoms with E-state index in [2.05, 4.69) is 19.9 Å². The average molecular weight is 489 g/mol. The molecule has 10 heteroatoms. The van der Waals surface area contributed by atoms with Crippen LogP contribution in [0.4, 0.5) is 11.9 Å². The largest absolute Gasteiger partial charge is 0.459 e. The van der Waals surface area contributed by atoms with Crippen LogP contribution in [-0.2, 0) is 32.3 Å². The molecule has 186 valence electrons. The molecule has 0 spiro atoms. The number of carbonyl (C=O) groups excluding carboxylic acids is 2. The third-order valence-corrected chi connectivity index (χ3v) is 6.45. The molecule has 2 aliphatic heterocycles. The quantitative estimate of drug-likeness (QED) is 0.439. The predicted octanol–water partition coefficient (Wildman–Crippen LogP) is 2.69. The summed E-state index contributed by atoms with van der Waals surface area (Å²) in [4.78, 5) is 46.3. The number of esters is 2. The number of ether oxygens (including phenoxy) is 2. The Morgan fingerprint density at radius 2 is 1.08 bits per heavy atom. The maximum Gasteiger partial charge on any atom is 0.329 e. The Morgan fingerprint density at radius 1 is 0.694 bits per heavy atom. The molecule has 0 saturated carbocycles. The van der Waals surface area contributed by atoms with Crippen molar-refractivity contribution in [1.82, 2.24) is 19.9 Å². The number of hydrogen-bond acceptors (Lipinski definition) is 10. The van der Waals surface area contributed by atoms with Crippen molar-refractivity contribution in [3.05, 3.63) is 72.3 Å². The van der Waals surface area contributed by atoms with Crippen molar-refractivity contribution in [2.75, 3.05) is 22.9 Å². The summed E-state index contributed by atoms with van der Waals surface area (Å²) in [6.07, 6.45) is 9.90. The van der Waals surface area contributed by atoms with Crippen molar-refractivity contribution in [2.45, 2.75) is 51.0 Å². The van der Waals surface area contributed by atoms with Gasteiger partial charge in [0.1, 0.15) is 25.3 Å². The Hall–Kier alpha value is -4.08. The minimum absolute atomic E-state index is 0.174. The smallest absolute Gasteiger partial charge is 0.329 e. The molecule has 5 rings (SSSR count). The molecular weight excluding hydrogens is 460 g/mol. The van der Waals surface area contributed by atoms with E-state index in [1.807, 2.05) is 34.1 Å². The second-order valence-corrected chi connectivity index (χ2v) is 8.83. The van der Waals surface area contributed by atoms with Gasteiger partial charge in [0.2, 0.25) is 11.9 Å².